The van der Waals surface area contributed by atoms with E-state index in [1.807, 2.05) is 13.8 Å². The predicted octanol–water partition coefficient (Wildman–Crippen LogP) is -1.73. The number of thioether (sulfide) groups is 1. The SMILES string of the molecule is CCOC(=O)C1[C@H]2C(=O)[C@@H](NC(=O)CCCC([NH3+])C(=O)[O-])[C@H]2SC1(C)C. The van der Waals surface area contributed by atoms with E-state index in [4.69, 9.17) is 4.74 Å². The summed E-state index contributed by atoms with van der Waals surface area (Å²) in [6.07, 6.45) is 0.718. The van der Waals surface area contributed by atoms with E-state index in [2.05, 4.69) is 11.1 Å². The Morgan fingerprint density at radius 2 is 2.04 bits per heavy atom. The first kappa shape index (κ1) is 20.7. The summed E-state index contributed by atoms with van der Waals surface area (Å²) in [5, 5.41) is 13.2. The Bertz CT molecular complexity index is 608. The second-order valence-corrected chi connectivity index (χ2v) is 9.13. The van der Waals surface area contributed by atoms with Crippen molar-refractivity contribution in [1.29, 1.82) is 0 Å². The summed E-state index contributed by atoms with van der Waals surface area (Å²) in [5.74, 6) is -2.97. The molecule has 0 bridgehead atoms. The zero-order chi connectivity index (χ0) is 19.6. The van der Waals surface area contributed by atoms with Crippen molar-refractivity contribution in [3.63, 3.8) is 0 Å². The van der Waals surface area contributed by atoms with Crippen LogP contribution in [0.4, 0.5) is 0 Å². The van der Waals surface area contributed by atoms with Gasteiger partial charge in [0.05, 0.1) is 18.5 Å². The van der Waals surface area contributed by atoms with E-state index >= 15 is 0 Å². The van der Waals surface area contributed by atoms with E-state index in [-0.39, 0.29) is 42.4 Å². The van der Waals surface area contributed by atoms with Gasteiger partial charge in [0, 0.05) is 28.8 Å². The van der Waals surface area contributed by atoms with Gasteiger partial charge in [-0.1, -0.05) is 0 Å². The second kappa shape index (κ2) is 7.96. The predicted molar refractivity (Wildman–Crippen MR) is 91.5 cm³/mol. The van der Waals surface area contributed by atoms with Gasteiger partial charge in [0.1, 0.15) is 12.1 Å². The second-order valence-electron chi connectivity index (χ2n) is 7.30. The first-order valence-corrected chi connectivity index (χ1v) is 9.69. The lowest BCUT2D eigenvalue weighted by molar-refractivity contribution is -0.438. The highest BCUT2D eigenvalue weighted by Crippen LogP contribution is 2.57. The molecule has 0 spiro atoms. The van der Waals surface area contributed by atoms with Crippen LogP contribution in [0.1, 0.15) is 40.0 Å². The molecule has 8 nitrogen and oxygen atoms in total. The Morgan fingerprint density at radius 1 is 1.38 bits per heavy atom. The number of ketones is 1. The quantitative estimate of drug-likeness (QED) is 0.473. The molecule has 0 aromatic heterocycles. The zero-order valence-electron chi connectivity index (χ0n) is 15.3. The van der Waals surface area contributed by atoms with E-state index in [0.29, 0.717) is 6.42 Å². The topological polar surface area (TPSA) is 140 Å². The number of fused-ring (bicyclic) bond motifs is 1. The molecule has 0 aromatic carbocycles. The smallest absolute Gasteiger partial charge is 0.311 e. The van der Waals surface area contributed by atoms with Crippen LogP contribution in [0.3, 0.4) is 0 Å². The van der Waals surface area contributed by atoms with Gasteiger partial charge in [-0.05, 0) is 27.2 Å². The molecule has 1 saturated carbocycles. The maximum Gasteiger partial charge on any atom is 0.311 e. The lowest BCUT2D eigenvalue weighted by Crippen LogP contribution is -2.68. The highest BCUT2D eigenvalue weighted by molar-refractivity contribution is 8.01. The highest BCUT2D eigenvalue weighted by atomic mass is 32.2. The van der Waals surface area contributed by atoms with Gasteiger partial charge in [-0.2, -0.15) is 0 Å². The summed E-state index contributed by atoms with van der Waals surface area (Å²) in [6, 6.07) is -1.46. The number of aliphatic carboxylic acids is 1. The van der Waals surface area contributed by atoms with E-state index in [1.54, 1.807) is 6.92 Å². The fourth-order valence-corrected chi connectivity index (χ4v) is 5.53. The van der Waals surface area contributed by atoms with Crippen molar-refractivity contribution in [3.05, 3.63) is 0 Å². The van der Waals surface area contributed by atoms with Crippen molar-refractivity contribution >= 4 is 35.4 Å². The van der Waals surface area contributed by atoms with Gasteiger partial charge in [-0.15, -0.1) is 11.8 Å². The van der Waals surface area contributed by atoms with Crippen molar-refractivity contribution in [2.24, 2.45) is 11.8 Å². The van der Waals surface area contributed by atoms with Crippen LogP contribution in [-0.2, 0) is 23.9 Å². The number of carbonyl (C=O) groups is 4. The van der Waals surface area contributed by atoms with Crippen molar-refractivity contribution in [2.45, 2.75) is 62.1 Å². The van der Waals surface area contributed by atoms with E-state index in [0.717, 1.165) is 0 Å². The molecule has 1 heterocycles. The minimum atomic E-state index is -1.24. The average molecular weight is 386 g/mol. The van der Waals surface area contributed by atoms with Crippen LogP contribution >= 0.6 is 11.8 Å². The number of hydrogen-bond donors (Lipinski definition) is 2. The molecule has 146 valence electrons. The number of carboxylic acids is 1. The first-order chi connectivity index (χ1) is 12.1. The monoisotopic (exact) mass is 386 g/mol. The molecule has 1 aliphatic heterocycles. The number of amides is 1. The van der Waals surface area contributed by atoms with Crippen LogP contribution in [0.25, 0.3) is 0 Å². The van der Waals surface area contributed by atoms with Crippen molar-refractivity contribution in [2.75, 3.05) is 6.61 Å². The van der Waals surface area contributed by atoms with Gasteiger partial charge in [-0.3, -0.25) is 14.4 Å². The molecule has 9 heteroatoms. The van der Waals surface area contributed by atoms with Crippen molar-refractivity contribution in [3.8, 4) is 0 Å². The number of hydrogen-bond acceptors (Lipinski definition) is 7. The van der Waals surface area contributed by atoms with Gasteiger partial charge in [0.25, 0.3) is 0 Å². The third kappa shape index (κ3) is 4.03. The minimum Gasteiger partial charge on any atom is -0.544 e. The number of ether oxygens (including phenoxy) is 1. The molecule has 0 aromatic rings. The van der Waals surface area contributed by atoms with Gasteiger partial charge < -0.3 is 25.7 Å². The van der Waals surface area contributed by atoms with E-state index in [1.165, 1.54) is 11.8 Å². The highest BCUT2D eigenvalue weighted by Gasteiger charge is 2.66. The lowest BCUT2D eigenvalue weighted by atomic mass is 9.67. The standard InChI is InChI=1S/C17H26N2O6S/c1-4-25-16(24)11-10-13(21)12(14(10)26-17(11,2)3)19-9(20)7-5-6-8(18)15(22)23/h8,10-12,14H,4-7,18H2,1-3H3,(H,19,20)(H,22,23)/t8?,10-,11?,12+,14-/m0/s1. The molecular formula is C17H26N2O6S. The molecule has 2 aliphatic rings. The number of Topliss-reactive ketones (excluding diaryl/α,β-unsaturated/α-hetero) is 1. The molecule has 26 heavy (non-hydrogen) atoms. The number of rotatable bonds is 8. The summed E-state index contributed by atoms with van der Waals surface area (Å²) in [6.45, 7) is 5.82. The van der Waals surface area contributed by atoms with Crippen LogP contribution < -0.4 is 16.2 Å². The van der Waals surface area contributed by atoms with Gasteiger partial charge in [0.2, 0.25) is 5.91 Å². The first-order valence-electron chi connectivity index (χ1n) is 8.81. The Morgan fingerprint density at radius 3 is 2.62 bits per heavy atom. The molecule has 2 rings (SSSR count). The molecule has 1 saturated heterocycles. The summed E-state index contributed by atoms with van der Waals surface area (Å²) in [4.78, 5) is 47.4. The lowest BCUT2D eigenvalue weighted by Gasteiger charge is -2.39. The zero-order valence-corrected chi connectivity index (χ0v) is 16.1. The number of carbonyl (C=O) groups excluding carboxylic acids is 4. The van der Waals surface area contributed by atoms with Crippen LogP contribution in [0.15, 0.2) is 0 Å². The van der Waals surface area contributed by atoms with E-state index in [9.17, 15) is 24.3 Å². The van der Waals surface area contributed by atoms with Crippen molar-refractivity contribution < 1.29 is 34.8 Å². The maximum absolute atomic E-state index is 12.5. The molecule has 0 radical (unpaired) electrons. The van der Waals surface area contributed by atoms with Gasteiger partial charge >= 0.3 is 5.97 Å². The molecule has 5 atom stereocenters. The fourth-order valence-electron chi connectivity index (χ4n) is 3.66. The normalized spacial score (nSPS) is 30.1. The summed E-state index contributed by atoms with van der Waals surface area (Å²) < 4.78 is 4.68. The van der Waals surface area contributed by atoms with Crippen molar-refractivity contribution in [1.82, 2.24) is 5.32 Å². The Hall–Kier alpha value is -1.61. The van der Waals surface area contributed by atoms with Crippen LogP contribution in [0, 0.1) is 11.8 Å². The fraction of sp³-hybridized carbons (Fsp3) is 0.765. The molecule has 2 unspecified atom stereocenters. The molecule has 2 fully saturated rings. The van der Waals surface area contributed by atoms with E-state index < -0.39 is 34.6 Å². The Kier molecular flexibility index (Phi) is 6.33. The summed E-state index contributed by atoms with van der Waals surface area (Å²) in [7, 11) is 0. The number of nitrogens with one attached hydrogen (secondary N) is 1. The average Bonchev–Trinajstić information content (AvgIpc) is 2.80. The third-order valence-electron chi connectivity index (χ3n) is 5.01. The van der Waals surface area contributed by atoms with Crippen LogP contribution in [-0.4, -0.2) is 52.3 Å². The number of quaternary nitrogens is 1. The van der Waals surface area contributed by atoms with Crippen LogP contribution in [0.5, 0.6) is 0 Å². The molecular weight excluding hydrogens is 360 g/mol. The minimum absolute atomic E-state index is 0.121. The van der Waals surface area contributed by atoms with Crippen LogP contribution in [0.2, 0.25) is 0 Å². The third-order valence-corrected chi connectivity index (χ3v) is 6.71. The largest absolute Gasteiger partial charge is 0.544 e. The number of carboxylic acid groups (broad SMARTS) is 1. The molecule has 1 amide bonds. The molecule has 4 N–H and O–H groups in total. The maximum atomic E-state index is 12.5. The van der Waals surface area contributed by atoms with Gasteiger partial charge in [-0.25, -0.2) is 0 Å². The Labute approximate surface area is 156 Å². The molecule has 1 aliphatic carbocycles. The van der Waals surface area contributed by atoms with Gasteiger partial charge in [0.15, 0.2) is 5.78 Å². The summed E-state index contributed by atoms with van der Waals surface area (Å²) >= 11 is 1.53. The number of esters is 1. The summed E-state index contributed by atoms with van der Waals surface area (Å²) in [5.41, 5.74) is 3.44. The Balaban J connectivity index is 1.90.